The molecule has 0 aromatic rings. The minimum absolute atomic E-state index is 0. The van der Waals surface area contributed by atoms with Crippen LogP contribution in [0, 0.1) is 5.00 Å². The van der Waals surface area contributed by atoms with Gasteiger partial charge < -0.3 is 11.6 Å². The zero-order valence-electron chi connectivity index (χ0n) is 7.79. The van der Waals surface area contributed by atoms with E-state index >= 15 is 0 Å². The van der Waals surface area contributed by atoms with Crippen LogP contribution in [0.3, 0.4) is 0 Å². The van der Waals surface area contributed by atoms with E-state index in [0.717, 1.165) is 6.42 Å². The molecule has 0 aromatic carbocycles. The second-order valence-corrected chi connectivity index (χ2v) is 9.28. The molecule has 0 heterocycles. The molecule has 0 aliphatic rings. The van der Waals surface area contributed by atoms with Crippen molar-refractivity contribution >= 4 is 19.7 Å². The van der Waals surface area contributed by atoms with Crippen molar-refractivity contribution in [2.45, 2.75) is 39.4 Å². The molecule has 0 saturated heterocycles. The molecule has 3 heteroatoms. The van der Waals surface area contributed by atoms with Gasteiger partial charge in [0.15, 0.2) is 0 Å². The second-order valence-electron chi connectivity index (χ2n) is 3.40. The van der Waals surface area contributed by atoms with E-state index in [2.05, 4.69) is 26.6 Å². The standard InChI is InChI=1S/C7H16ClSi.Li/c1-5-6-7(8)9(2,3)4;/h5-6H2,1-4H3;/q-1;+1. The van der Waals surface area contributed by atoms with E-state index in [0.29, 0.717) is 0 Å². The Balaban J connectivity index is 0. The Labute approximate surface area is 82.9 Å². The first-order valence-corrected chi connectivity index (χ1v) is 7.38. The molecular formula is C7H16ClLiSi. The maximum atomic E-state index is 6.04. The summed E-state index contributed by atoms with van der Waals surface area (Å²) in [5.74, 6) is 0. The normalized spacial score (nSPS) is 11.4. The van der Waals surface area contributed by atoms with Crippen LogP contribution in [0.4, 0.5) is 0 Å². The van der Waals surface area contributed by atoms with Crippen LogP contribution in [0.2, 0.25) is 19.6 Å². The van der Waals surface area contributed by atoms with E-state index in [4.69, 9.17) is 11.6 Å². The van der Waals surface area contributed by atoms with Crippen molar-refractivity contribution in [2.75, 3.05) is 0 Å². The minimum Gasteiger partial charge on any atom is -0.348 e. The van der Waals surface area contributed by atoms with E-state index in [1.807, 2.05) is 0 Å². The zero-order chi connectivity index (χ0) is 7.49. The van der Waals surface area contributed by atoms with Gasteiger partial charge in [-0.3, -0.25) is 0 Å². The summed E-state index contributed by atoms with van der Waals surface area (Å²) in [6, 6.07) is 0. The molecule has 0 spiro atoms. The van der Waals surface area contributed by atoms with Crippen LogP contribution in [-0.4, -0.2) is 8.07 Å². The van der Waals surface area contributed by atoms with Crippen LogP contribution in [-0.2, 0) is 0 Å². The Kier molecular flexibility index (Phi) is 7.82. The van der Waals surface area contributed by atoms with Gasteiger partial charge in [0.1, 0.15) is 0 Å². The molecule has 0 atom stereocenters. The quantitative estimate of drug-likeness (QED) is 0.426. The van der Waals surface area contributed by atoms with Crippen molar-refractivity contribution in [3.8, 4) is 0 Å². The maximum absolute atomic E-state index is 6.04. The second kappa shape index (κ2) is 5.72. The van der Waals surface area contributed by atoms with Gasteiger partial charge >= 0.3 is 18.9 Å². The number of rotatable bonds is 3. The zero-order valence-corrected chi connectivity index (χ0v) is 9.55. The number of halogens is 1. The van der Waals surface area contributed by atoms with Crippen LogP contribution < -0.4 is 18.9 Å². The summed E-state index contributed by atoms with van der Waals surface area (Å²) < 4.78 is 0. The fourth-order valence-corrected chi connectivity index (χ4v) is 1.78. The van der Waals surface area contributed by atoms with Crippen molar-refractivity contribution in [2.24, 2.45) is 0 Å². The van der Waals surface area contributed by atoms with Crippen LogP contribution >= 0.6 is 11.6 Å². The van der Waals surface area contributed by atoms with Gasteiger partial charge in [0.2, 0.25) is 0 Å². The first-order chi connectivity index (χ1) is 3.98. The van der Waals surface area contributed by atoms with Crippen molar-refractivity contribution in [1.82, 2.24) is 0 Å². The van der Waals surface area contributed by atoms with Crippen molar-refractivity contribution in [1.29, 1.82) is 0 Å². The van der Waals surface area contributed by atoms with Crippen molar-refractivity contribution in [3.63, 3.8) is 0 Å². The third-order valence-electron chi connectivity index (χ3n) is 1.28. The van der Waals surface area contributed by atoms with Crippen LogP contribution in [0.25, 0.3) is 0 Å². The topological polar surface area (TPSA) is 0 Å². The van der Waals surface area contributed by atoms with Gasteiger partial charge in [0, 0.05) is 0 Å². The summed E-state index contributed by atoms with van der Waals surface area (Å²) in [4.78, 5) is 0. The van der Waals surface area contributed by atoms with Gasteiger partial charge in [-0.1, -0.05) is 41.1 Å². The average molecular weight is 171 g/mol. The Morgan fingerprint density at radius 2 is 1.70 bits per heavy atom. The third kappa shape index (κ3) is 5.86. The van der Waals surface area contributed by atoms with Gasteiger partial charge in [-0.25, -0.2) is 5.00 Å². The summed E-state index contributed by atoms with van der Waals surface area (Å²) in [6.45, 7) is 9.02. The molecule has 0 nitrogen and oxygen atoms in total. The third-order valence-corrected chi connectivity index (χ3v) is 5.05. The molecule has 56 valence electrons. The summed E-state index contributed by atoms with van der Waals surface area (Å²) >= 11 is 6.04. The molecule has 0 bridgehead atoms. The summed E-state index contributed by atoms with van der Waals surface area (Å²) in [6.07, 6.45) is 2.29. The Hall–Kier alpha value is 1.10. The van der Waals surface area contributed by atoms with Crippen molar-refractivity contribution in [3.05, 3.63) is 5.00 Å². The predicted molar refractivity (Wildman–Crippen MR) is 47.4 cm³/mol. The Bertz CT molecular complexity index is 80.2. The van der Waals surface area contributed by atoms with E-state index in [1.54, 1.807) is 0 Å². The van der Waals surface area contributed by atoms with Gasteiger partial charge in [-0.15, -0.1) is 0 Å². The average Bonchev–Trinajstić information content (AvgIpc) is 1.64. The summed E-state index contributed by atoms with van der Waals surface area (Å²) in [5, 5.41) is 1.23. The first kappa shape index (κ1) is 13.7. The number of hydrogen-bond donors (Lipinski definition) is 0. The van der Waals surface area contributed by atoms with E-state index < -0.39 is 8.07 Å². The summed E-state index contributed by atoms with van der Waals surface area (Å²) in [5.41, 5.74) is 0. The molecule has 0 aliphatic carbocycles. The SMILES string of the molecule is CCC[C-](Cl)[Si](C)(C)C.[Li+]. The largest absolute Gasteiger partial charge is 1.00 e. The molecule has 0 radical (unpaired) electrons. The fraction of sp³-hybridized carbons (Fsp3) is 0.857. The molecule has 10 heavy (non-hydrogen) atoms. The first-order valence-electron chi connectivity index (χ1n) is 3.50. The Morgan fingerprint density at radius 3 is 1.80 bits per heavy atom. The van der Waals surface area contributed by atoms with Crippen LogP contribution in [0.1, 0.15) is 19.8 Å². The molecule has 0 N–H and O–H groups in total. The molecule has 0 fully saturated rings. The number of hydrogen-bond acceptors (Lipinski definition) is 0. The molecule has 0 aliphatic heterocycles. The van der Waals surface area contributed by atoms with E-state index in [-0.39, 0.29) is 18.9 Å². The minimum atomic E-state index is -1.10. The molecular weight excluding hydrogens is 155 g/mol. The van der Waals surface area contributed by atoms with Gasteiger partial charge in [0.05, 0.1) is 0 Å². The monoisotopic (exact) mass is 170 g/mol. The molecule has 0 saturated carbocycles. The van der Waals surface area contributed by atoms with Gasteiger partial charge in [-0.05, 0) is 0 Å². The summed E-state index contributed by atoms with van der Waals surface area (Å²) in [7, 11) is -1.10. The maximum Gasteiger partial charge on any atom is 1.00 e. The molecule has 0 amide bonds. The van der Waals surface area contributed by atoms with Gasteiger partial charge in [-0.2, -0.15) is 6.42 Å². The molecule has 0 rings (SSSR count). The smallest absolute Gasteiger partial charge is 0.348 e. The Morgan fingerprint density at radius 1 is 1.30 bits per heavy atom. The van der Waals surface area contributed by atoms with Crippen LogP contribution in [0.5, 0.6) is 0 Å². The van der Waals surface area contributed by atoms with Gasteiger partial charge in [0.25, 0.3) is 0 Å². The fourth-order valence-electron chi connectivity index (χ4n) is 0.594. The molecule has 0 unspecified atom stereocenters. The van der Waals surface area contributed by atoms with Crippen molar-refractivity contribution < 1.29 is 18.9 Å². The predicted octanol–water partition coefficient (Wildman–Crippen LogP) is 0.439. The van der Waals surface area contributed by atoms with E-state index in [9.17, 15) is 0 Å². The van der Waals surface area contributed by atoms with Crippen LogP contribution in [0.15, 0.2) is 0 Å². The molecule has 0 aromatic heterocycles. The van der Waals surface area contributed by atoms with E-state index in [1.165, 1.54) is 11.4 Å².